The molecule has 1 amide bonds. The van der Waals surface area contributed by atoms with Crippen molar-refractivity contribution in [3.63, 3.8) is 0 Å². The van der Waals surface area contributed by atoms with Crippen LogP contribution in [0.4, 0.5) is 13.2 Å². The first kappa shape index (κ1) is 19.4. The van der Waals surface area contributed by atoms with Gasteiger partial charge in [-0.15, -0.1) is 0 Å². The van der Waals surface area contributed by atoms with E-state index >= 15 is 0 Å². The average molecular weight is 372 g/mol. The Morgan fingerprint density at radius 3 is 2.42 bits per heavy atom. The number of benzene rings is 1. The third kappa shape index (κ3) is 4.57. The summed E-state index contributed by atoms with van der Waals surface area (Å²) in [5.74, 6) is -2.10. The molecule has 2 aromatic rings. The number of hydrogen-bond donors (Lipinski definition) is 0. The lowest BCUT2D eigenvalue weighted by Gasteiger charge is -2.19. The Balaban J connectivity index is 2.12. The average Bonchev–Trinajstić information content (AvgIpc) is 3.10. The molecule has 0 radical (unpaired) electrons. The fourth-order valence-electron chi connectivity index (χ4n) is 1.96. The predicted octanol–water partition coefficient (Wildman–Crippen LogP) is 2.67. The Hall–Kier alpha value is -2.95. The number of hydrogen-bond acceptors (Lipinski definition) is 7. The molecule has 0 fully saturated rings. The van der Waals surface area contributed by atoms with Crippen LogP contribution in [0, 0.1) is 0 Å². The van der Waals surface area contributed by atoms with Gasteiger partial charge in [-0.3, -0.25) is 9.63 Å². The molecule has 0 spiro atoms. The summed E-state index contributed by atoms with van der Waals surface area (Å²) in [5, 5.41) is 7.90. The van der Waals surface area contributed by atoms with Crippen LogP contribution in [0.15, 0.2) is 33.9 Å². The fraction of sp³-hybridized carbons (Fsp3) is 0.333. The second kappa shape index (κ2) is 7.95. The van der Waals surface area contributed by atoms with Crippen molar-refractivity contribution < 1.29 is 32.2 Å². The highest BCUT2D eigenvalue weighted by atomic mass is 19.4. The van der Waals surface area contributed by atoms with E-state index in [9.17, 15) is 18.0 Å². The maximum absolute atomic E-state index is 12.5. The second-order valence-corrected chi connectivity index (χ2v) is 5.00. The molecule has 0 N–H and O–H groups in total. The largest absolute Gasteiger partial charge is 0.471 e. The van der Waals surface area contributed by atoms with Crippen LogP contribution in [0.3, 0.4) is 0 Å². The van der Waals surface area contributed by atoms with Crippen molar-refractivity contribution in [1.82, 2.24) is 15.2 Å². The number of nitrogens with zero attached hydrogens (tertiary/aromatic N) is 4. The summed E-state index contributed by atoms with van der Waals surface area (Å²) in [4.78, 5) is 25.0. The van der Waals surface area contributed by atoms with Crippen LogP contribution in [-0.4, -0.2) is 41.0 Å². The third-order valence-electron chi connectivity index (χ3n) is 3.19. The molecule has 0 aliphatic rings. The van der Waals surface area contributed by atoms with Crippen molar-refractivity contribution in [2.24, 2.45) is 5.16 Å². The van der Waals surface area contributed by atoms with Crippen LogP contribution in [0.25, 0.3) is 11.4 Å². The van der Waals surface area contributed by atoms with Gasteiger partial charge < -0.3 is 9.36 Å². The number of carbonyl (C=O) groups excluding carboxylic acids is 1. The molecule has 2 rings (SSSR count). The van der Waals surface area contributed by atoms with Crippen LogP contribution in [0.5, 0.6) is 0 Å². The number of halogens is 3. The van der Waals surface area contributed by atoms with E-state index in [-0.39, 0.29) is 18.1 Å². The van der Waals surface area contributed by atoms with Crippen LogP contribution in [0.2, 0.25) is 0 Å². The highest BCUT2D eigenvalue weighted by Crippen LogP contribution is 2.29. The Morgan fingerprint density at radius 2 is 1.92 bits per heavy atom. The monoisotopic (exact) mass is 372 g/mol. The number of hydroxylamine groups is 2. The molecule has 1 heterocycles. The highest BCUT2D eigenvalue weighted by molar-refractivity contribution is 6.37. The molecule has 0 aliphatic carbocycles. The van der Waals surface area contributed by atoms with Gasteiger partial charge in [-0.25, -0.2) is 5.06 Å². The first-order valence-corrected chi connectivity index (χ1v) is 7.20. The lowest BCUT2D eigenvalue weighted by atomic mass is 10.1. The van der Waals surface area contributed by atoms with E-state index in [1.54, 1.807) is 12.1 Å². The van der Waals surface area contributed by atoms with Gasteiger partial charge in [0.15, 0.2) is 0 Å². The molecule has 0 unspecified atom stereocenters. The highest BCUT2D eigenvalue weighted by Gasteiger charge is 2.38. The zero-order valence-corrected chi connectivity index (χ0v) is 14.1. The SMILES string of the molecule is CO/N=C(\C)C(=O)N(Cc1ccc(-c2noc(C(F)(F)F)n2)cc1)OC. The van der Waals surface area contributed by atoms with Gasteiger partial charge in [-0.2, -0.15) is 18.2 Å². The molecule has 0 saturated carbocycles. The van der Waals surface area contributed by atoms with Gasteiger partial charge in [0.1, 0.15) is 12.8 Å². The molecule has 0 atom stereocenters. The number of oxime groups is 1. The molecule has 0 aliphatic heterocycles. The minimum Gasteiger partial charge on any atom is -0.399 e. The summed E-state index contributed by atoms with van der Waals surface area (Å²) in [6.45, 7) is 1.56. The van der Waals surface area contributed by atoms with Gasteiger partial charge in [-0.05, 0) is 12.5 Å². The summed E-state index contributed by atoms with van der Waals surface area (Å²) in [6, 6.07) is 6.21. The number of carbonyl (C=O) groups is 1. The fourth-order valence-corrected chi connectivity index (χ4v) is 1.96. The standard InChI is InChI=1S/C15H15F3N4O4/c1-9(20-24-2)13(23)22(25-3)8-10-4-6-11(7-5-10)12-19-14(26-21-12)15(16,17)18/h4-7H,8H2,1-3H3/b20-9+. The zero-order chi connectivity index (χ0) is 19.3. The van der Waals surface area contributed by atoms with Gasteiger partial charge in [0, 0.05) is 5.56 Å². The molecule has 0 bridgehead atoms. The van der Waals surface area contributed by atoms with E-state index in [4.69, 9.17) is 4.84 Å². The molecule has 26 heavy (non-hydrogen) atoms. The molecule has 1 aromatic carbocycles. The predicted molar refractivity (Wildman–Crippen MR) is 82.4 cm³/mol. The van der Waals surface area contributed by atoms with Gasteiger partial charge in [0.05, 0.1) is 13.7 Å². The summed E-state index contributed by atoms with van der Waals surface area (Å²) >= 11 is 0. The minimum absolute atomic E-state index is 0.0895. The Morgan fingerprint density at radius 1 is 1.27 bits per heavy atom. The van der Waals surface area contributed by atoms with E-state index in [1.165, 1.54) is 33.3 Å². The summed E-state index contributed by atoms with van der Waals surface area (Å²) in [5.41, 5.74) is 1.09. The van der Waals surface area contributed by atoms with E-state index in [0.717, 1.165) is 5.06 Å². The van der Waals surface area contributed by atoms with Crippen LogP contribution in [0.1, 0.15) is 18.4 Å². The number of amides is 1. The van der Waals surface area contributed by atoms with E-state index in [1.807, 2.05) is 0 Å². The van der Waals surface area contributed by atoms with Gasteiger partial charge in [-0.1, -0.05) is 34.6 Å². The van der Waals surface area contributed by atoms with Crippen molar-refractivity contribution >= 4 is 11.6 Å². The van der Waals surface area contributed by atoms with Crippen molar-refractivity contribution in [3.05, 3.63) is 35.7 Å². The number of alkyl halides is 3. The van der Waals surface area contributed by atoms with Gasteiger partial charge >= 0.3 is 12.1 Å². The quantitative estimate of drug-likeness (QED) is 0.572. The first-order valence-electron chi connectivity index (χ1n) is 7.20. The van der Waals surface area contributed by atoms with Crippen LogP contribution < -0.4 is 0 Å². The normalized spacial score (nSPS) is 12.2. The van der Waals surface area contributed by atoms with E-state index in [0.29, 0.717) is 11.1 Å². The molecular formula is C15H15F3N4O4. The Bertz CT molecular complexity index is 787. The molecule has 140 valence electrons. The van der Waals surface area contributed by atoms with Crippen molar-refractivity contribution in [1.29, 1.82) is 0 Å². The number of rotatable bonds is 6. The Labute approximate surface area is 146 Å². The second-order valence-electron chi connectivity index (χ2n) is 5.00. The minimum atomic E-state index is -4.70. The molecule has 11 heteroatoms. The topological polar surface area (TPSA) is 90.1 Å². The first-order chi connectivity index (χ1) is 12.3. The van der Waals surface area contributed by atoms with Crippen LogP contribution in [-0.2, 0) is 27.2 Å². The Kier molecular flexibility index (Phi) is 5.93. The molecule has 0 saturated heterocycles. The van der Waals surface area contributed by atoms with Crippen LogP contribution >= 0.6 is 0 Å². The number of aromatic nitrogens is 2. The summed E-state index contributed by atoms with van der Waals surface area (Å²) in [7, 11) is 2.64. The van der Waals surface area contributed by atoms with Crippen molar-refractivity contribution in [3.8, 4) is 11.4 Å². The lowest BCUT2D eigenvalue weighted by molar-refractivity contribution is -0.171. The van der Waals surface area contributed by atoms with E-state index in [2.05, 4.69) is 24.7 Å². The summed E-state index contributed by atoms with van der Waals surface area (Å²) < 4.78 is 41.7. The maximum atomic E-state index is 12.5. The molecular weight excluding hydrogens is 357 g/mol. The van der Waals surface area contributed by atoms with E-state index < -0.39 is 18.0 Å². The third-order valence-corrected chi connectivity index (χ3v) is 3.19. The smallest absolute Gasteiger partial charge is 0.399 e. The van der Waals surface area contributed by atoms with Crippen molar-refractivity contribution in [2.75, 3.05) is 14.2 Å². The van der Waals surface area contributed by atoms with Gasteiger partial charge in [0.25, 0.3) is 5.91 Å². The summed E-state index contributed by atoms with van der Waals surface area (Å²) in [6.07, 6.45) is -4.70. The van der Waals surface area contributed by atoms with Gasteiger partial charge in [0.2, 0.25) is 5.82 Å². The zero-order valence-electron chi connectivity index (χ0n) is 14.1. The molecule has 8 nitrogen and oxygen atoms in total. The molecule has 1 aromatic heterocycles. The maximum Gasteiger partial charge on any atom is 0.471 e. The van der Waals surface area contributed by atoms with Crippen molar-refractivity contribution in [2.45, 2.75) is 19.6 Å². The lowest BCUT2D eigenvalue weighted by Crippen LogP contribution is -2.34.